The lowest BCUT2D eigenvalue weighted by atomic mass is 10.1. The van der Waals surface area contributed by atoms with Crippen LogP contribution in [-0.4, -0.2) is 260 Å². The zero-order valence-corrected chi connectivity index (χ0v) is 58.4. The molecule has 2 aromatic heterocycles. The van der Waals surface area contributed by atoms with Crippen LogP contribution >= 0.6 is 23.5 Å². The van der Waals surface area contributed by atoms with Crippen LogP contribution in [0.3, 0.4) is 0 Å². The van der Waals surface area contributed by atoms with E-state index in [-0.39, 0.29) is 49.5 Å². The Bertz CT molecular complexity index is 2890. The third-order valence-corrected chi connectivity index (χ3v) is 13.9. The molecule has 0 aliphatic carbocycles. The molecule has 35 nitrogen and oxygen atoms in total. The number of carboxylic acids is 1. The van der Waals surface area contributed by atoms with E-state index in [0.717, 1.165) is 57.3 Å². The average Bonchev–Trinajstić information content (AvgIpc) is 1.82. The van der Waals surface area contributed by atoms with E-state index in [2.05, 4.69) is 31.9 Å². The molecule has 37 heteroatoms. The predicted octanol–water partition coefficient (Wildman–Crippen LogP) is 1.64. The number of β-amino-alcohol motifs (C(OH)–C–C–N with tert-alkyl or cyclic N) is 1. The second-order valence-corrected chi connectivity index (χ2v) is 24.3. The third kappa shape index (κ3) is 30.0. The molecule has 0 spiro atoms. The Balaban J connectivity index is 0.000000536. The number of ether oxygens (including phenoxy) is 13. The molecule has 2 aliphatic heterocycles. The molecule has 0 aromatic carbocycles. The predicted molar refractivity (Wildman–Crippen MR) is 330 cm³/mol. The van der Waals surface area contributed by atoms with Crippen molar-refractivity contribution < 1.29 is 129 Å². The van der Waals surface area contributed by atoms with Gasteiger partial charge in [-0.25, -0.2) is 38.4 Å². The van der Waals surface area contributed by atoms with Gasteiger partial charge in [0.2, 0.25) is 23.5 Å². The second kappa shape index (κ2) is 39.6. The number of aromatic nitrogens is 4. The number of nitrogens with zero attached hydrogens (tertiary/aromatic N) is 8. The molecule has 95 heavy (non-hydrogen) atoms. The van der Waals surface area contributed by atoms with Crippen molar-refractivity contribution in [2.75, 3.05) is 88.7 Å². The summed E-state index contributed by atoms with van der Waals surface area (Å²) in [5.74, 6) is -8.42. The Hall–Kier alpha value is -8.16. The van der Waals surface area contributed by atoms with Crippen LogP contribution in [0.1, 0.15) is 125 Å². The lowest BCUT2D eigenvalue weighted by molar-refractivity contribution is -0.186. The highest BCUT2D eigenvalue weighted by atomic mass is 32.1. The summed E-state index contributed by atoms with van der Waals surface area (Å²) >= 11 is 2.04. The Morgan fingerprint density at radius 3 is 1.02 bits per heavy atom. The molecule has 4 rings (SSSR count). The first-order valence-electron chi connectivity index (χ1n) is 30.0. The van der Waals surface area contributed by atoms with E-state index >= 15 is 0 Å². The molecule has 0 radical (unpaired) electrons. The minimum absolute atomic E-state index is 0.0452. The van der Waals surface area contributed by atoms with Crippen molar-refractivity contribution in [3.8, 4) is 11.8 Å². The fourth-order valence-electron chi connectivity index (χ4n) is 7.92. The largest absolute Gasteiger partial charge is 0.479 e. The summed E-state index contributed by atoms with van der Waals surface area (Å²) in [5.41, 5.74) is -0.979. The van der Waals surface area contributed by atoms with Crippen LogP contribution < -0.4 is 19.3 Å². The summed E-state index contributed by atoms with van der Waals surface area (Å²) in [7, 11) is 0. The minimum atomic E-state index is -1.49. The maximum atomic E-state index is 13.1. The Labute approximate surface area is 558 Å². The van der Waals surface area contributed by atoms with Gasteiger partial charge in [-0.05, 0) is 96.9 Å². The molecule has 4 heterocycles. The molecule has 10 atom stereocenters. The Morgan fingerprint density at radius 1 is 0.442 bits per heavy atom. The number of anilines is 2. The van der Waals surface area contributed by atoms with Crippen molar-refractivity contribution in [3.63, 3.8) is 0 Å². The second-order valence-electron chi connectivity index (χ2n) is 23.2. The number of carboxylic acid groups (broad SMARTS) is 1. The van der Waals surface area contributed by atoms with Crippen LogP contribution in [0.4, 0.5) is 11.6 Å². The molecule has 536 valence electrons. The highest BCUT2D eigenvalue weighted by molar-refractivity contribution is 6.99. The van der Waals surface area contributed by atoms with E-state index in [1.54, 1.807) is 4.90 Å². The van der Waals surface area contributed by atoms with Gasteiger partial charge in [-0.15, -0.1) is 8.75 Å². The summed E-state index contributed by atoms with van der Waals surface area (Å²) in [6.07, 6.45) is -12.8. The van der Waals surface area contributed by atoms with Crippen LogP contribution in [0, 0.1) is 0 Å². The number of aliphatic hydroxyl groups excluding tert-OH is 1. The van der Waals surface area contributed by atoms with Gasteiger partial charge >= 0.3 is 59.7 Å². The number of rotatable bonds is 29. The van der Waals surface area contributed by atoms with Gasteiger partial charge in [0.25, 0.3) is 11.8 Å². The van der Waals surface area contributed by atoms with Crippen LogP contribution in [0.25, 0.3) is 0 Å². The van der Waals surface area contributed by atoms with Gasteiger partial charge in [-0.2, -0.15) is 8.75 Å². The van der Waals surface area contributed by atoms with Gasteiger partial charge in [-0.3, -0.25) is 19.2 Å². The van der Waals surface area contributed by atoms with Crippen LogP contribution in [0.15, 0.2) is 0 Å². The summed E-state index contributed by atoms with van der Waals surface area (Å²) in [6, 6.07) is 0. The van der Waals surface area contributed by atoms with Crippen LogP contribution in [0.5, 0.6) is 11.8 Å². The molecule has 0 saturated carbocycles. The monoisotopic (exact) mass is 1390 g/mol. The van der Waals surface area contributed by atoms with Gasteiger partial charge in [-0.1, -0.05) is 0 Å². The lowest BCUT2D eigenvalue weighted by Crippen LogP contribution is -2.50. The average molecular weight is 1400 g/mol. The summed E-state index contributed by atoms with van der Waals surface area (Å²) < 4.78 is 83.3. The van der Waals surface area contributed by atoms with Gasteiger partial charge in [0.1, 0.15) is 19.3 Å². The highest BCUT2D eigenvalue weighted by Crippen LogP contribution is 2.29. The van der Waals surface area contributed by atoms with Crippen LogP contribution in [-0.2, 0) is 110 Å². The van der Waals surface area contributed by atoms with Crippen molar-refractivity contribution >= 4 is 107 Å². The van der Waals surface area contributed by atoms with E-state index in [1.807, 2.05) is 46.4 Å². The summed E-state index contributed by atoms with van der Waals surface area (Å²) in [5, 5.41) is 18.9. The molecule has 0 bridgehead atoms. The van der Waals surface area contributed by atoms with Gasteiger partial charge in [0.15, 0.2) is 54.9 Å². The first kappa shape index (κ1) is 82.9. The van der Waals surface area contributed by atoms with E-state index < -0.39 is 126 Å². The number of carbonyl (C=O) groups is 12. The molecule has 2 aliphatic rings. The maximum absolute atomic E-state index is 13.1. The van der Waals surface area contributed by atoms with Crippen molar-refractivity contribution in [3.05, 3.63) is 0 Å². The van der Waals surface area contributed by atoms with E-state index in [0.29, 0.717) is 57.0 Å². The number of hydrogen-bond acceptors (Lipinski definition) is 34. The first-order chi connectivity index (χ1) is 44.1. The van der Waals surface area contributed by atoms with E-state index in [9.17, 15) is 62.6 Å². The number of carbonyl (C=O) groups excluding carboxylic acids is 11. The number of hydrogen-bond donors (Lipinski definition) is 2. The highest BCUT2D eigenvalue weighted by Gasteiger charge is 2.36. The molecule has 2 fully saturated rings. The third-order valence-electron chi connectivity index (χ3n) is 12.9. The fraction of sp³-hybridized carbons (Fsp3) is 0.724. The van der Waals surface area contributed by atoms with Crippen molar-refractivity contribution in [2.24, 2.45) is 0 Å². The number of aliphatic hydroxyl groups is 1. The fourth-order valence-corrected chi connectivity index (χ4v) is 8.96. The number of aliphatic carboxylic acids is 1. The normalized spacial score (nSPS) is 16.2. The number of esters is 9. The Morgan fingerprint density at radius 2 is 0.726 bits per heavy atom. The molecule has 2 aromatic rings. The molecule has 2 amide bonds. The van der Waals surface area contributed by atoms with Crippen molar-refractivity contribution in [1.82, 2.24) is 27.3 Å². The smallest absolute Gasteiger partial charge is 0.347 e. The van der Waals surface area contributed by atoms with E-state index in [4.69, 9.17) is 57.2 Å². The van der Waals surface area contributed by atoms with Crippen LogP contribution in [0.2, 0.25) is 0 Å². The van der Waals surface area contributed by atoms with Crippen molar-refractivity contribution in [2.45, 2.75) is 197 Å². The first-order valence-corrected chi connectivity index (χ1v) is 31.4. The molecule has 2 N–H and O–H groups in total. The van der Waals surface area contributed by atoms with Gasteiger partial charge < -0.3 is 91.4 Å². The van der Waals surface area contributed by atoms with Crippen molar-refractivity contribution in [1.29, 1.82) is 0 Å². The summed E-state index contributed by atoms with van der Waals surface area (Å²) in [4.78, 5) is 149. The quantitative estimate of drug-likeness (QED) is 0.0863. The topological polar surface area (TPSA) is 430 Å². The maximum Gasteiger partial charge on any atom is 0.347 e. The van der Waals surface area contributed by atoms with Gasteiger partial charge in [0, 0.05) is 65.0 Å². The Kier molecular flexibility index (Phi) is 34.6. The molecule has 0 unspecified atom stereocenters. The minimum Gasteiger partial charge on any atom is -0.479 e. The molecular weight excluding hydrogens is 1300 g/mol. The number of morpholine rings is 2. The zero-order valence-electron chi connectivity index (χ0n) is 56.8. The summed E-state index contributed by atoms with van der Waals surface area (Å²) in [6.45, 7) is 31.1. The molecular formula is C58H90N8O27S2. The van der Waals surface area contributed by atoms with E-state index in [1.165, 1.54) is 67.2 Å². The van der Waals surface area contributed by atoms with Gasteiger partial charge in [0.05, 0.1) is 63.0 Å². The zero-order chi connectivity index (χ0) is 72.2. The lowest BCUT2D eigenvalue weighted by Gasteiger charge is -2.37. The number of amides is 2. The SMILES string of the molecule is CC(=O)N(C[C@H](O)COc1nsnc1N1CCOCC1)C(C)(C)C.CC(=O)O[C@@H](C)C(=O)O[C@@H](C)C(=O)O[C@@H](C)C(=O)O[C@@H](C)C(=O)O[C@H](COc1nsnc1N1CCOCC1)CN(C(C)=O)C(C)(C)C.CC(=O)O[C@@H](C)C(=O)O[C@H](C)C(=O)O[C@H](C)C(=O)O[C@H](C)C(=O)O. The standard InChI is InChI=1S/C29H44N4O13S.C15H26N4O4S.C14H20O10/c1-16(42-21(6)35)25(36)43-17(2)26(37)44-18(3)27(38)45-19(4)28(39)46-22(14-33(20(5)34)29(7,8)9)15-41-24-23(30-47-31-24)32-10-12-40-13-11-32;1-11(20)19(15(2,3)4)9-12(21)10-23-14-13(16-24-17-14)18-5-7-22-8-6-18;1-6(11(16)17)22-13(19)8(3)24-14(20)9(4)23-12(18)7(2)21-10(5)15/h16-19,22H,10-15H2,1-9H3;12,21H,5-10H2,1-4H3;6-9H,1-5H3,(H,16,17)/t16-,17-,18-,19-,22-;12-;6-,7+,8-,9-/m001/s1. The molecule has 2 saturated heterocycles.